The smallest absolute Gasteiger partial charge is 0.426 e. The first-order valence-electron chi connectivity index (χ1n) is 23.0. The van der Waals surface area contributed by atoms with E-state index in [4.69, 9.17) is 24.7 Å². The fraction of sp³-hybridized carbons (Fsp3) is 0.689. The fourth-order valence-electron chi connectivity index (χ4n) is 8.37. The Hall–Kier alpha value is -5.01. The number of azide groups is 1. The van der Waals surface area contributed by atoms with Gasteiger partial charge in [0.15, 0.2) is 0 Å². The van der Waals surface area contributed by atoms with Crippen LogP contribution in [-0.4, -0.2) is 127 Å². The van der Waals surface area contributed by atoms with Gasteiger partial charge < -0.3 is 34.9 Å². The molecule has 0 radical (unpaired) electrons. The molecule has 19 nitrogen and oxygen atoms in total. The zero-order valence-corrected chi connectivity index (χ0v) is 39.9. The highest BCUT2D eigenvalue weighted by Gasteiger charge is 2.39. The summed E-state index contributed by atoms with van der Waals surface area (Å²) in [7, 11) is 1.97. The predicted molar refractivity (Wildman–Crippen MR) is 246 cm³/mol. The Bertz CT molecular complexity index is 1930. The Balaban J connectivity index is 1.47. The summed E-state index contributed by atoms with van der Waals surface area (Å²) < 4.78 is 16.7. The number of phenols is 1. The maximum atomic E-state index is 14.7. The van der Waals surface area contributed by atoms with E-state index in [-0.39, 0.29) is 80.0 Å². The maximum Gasteiger partial charge on any atom is 0.426 e. The van der Waals surface area contributed by atoms with Gasteiger partial charge in [-0.25, -0.2) is 15.2 Å². The Morgan fingerprint density at radius 2 is 1.83 bits per heavy atom. The minimum Gasteiger partial charge on any atom is -0.508 e. The number of ether oxygens (including phenoxy) is 3. The van der Waals surface area contributed by atoms with Gasteiger partial charge in [0.25, 0.3) is 5.91 Å². The summed E-state index contributed by atoms with van der Waals surface area (Å²) in [5, 5.41) is 22.1. The van der Waals surface area contributed by atoms with Crippen LogP contribution in [0.1, 0.15) is 132 Å². The van der Waals surface area contributed by atoms with E-state index in [1.54, 1.807) is 11.4 Å². The number of hydrogen-bond acceptors (Lipinski definition) is 13. The first kappa shape index (κ1) is 52.6. The molecule has 5 amide bonds. The molecule has 360 valence electrons. The van der Waals surface area contributed by atoms with Gasteiger partial charge in [0, 0.05) is 48.5 Å². The number of likely N-dealkylation sites (N-methyl/N-ethyl adjacent to an activating group) is 1. The standard InChI is InChI=1S/C45H70N10O9S/c1-8-17-55(44(60)39(29(6)10-3)50-42(59)36-13-11-12-18-54(36)7)37(28(4)5)26-38(63-19-9-2)43-49-35(27-65-43)41(58)48-31-23-30-14-15-32(56)25-33(30)34(24-31)40(57)51-52-45(61)64-22-21-62-20-16-47-53-46/h14-15,25,27-29,31,34,36-39,56H,8-13,16-24,26H2,1-7H3,(H,48,58)(H,50,59)(H,51,57)(H,52,61)/t29-,31-,34+,36+,37+,38+,39-/m0/s1. The molecule has 0 unspecified atom stereocenters. The van der Waals surface area contributed by atoms with Crippen molar-refractivity contribution in [2.75, 3.05) is 53.1 Å². The van der Waals surface area contributed by atoms with Crippen LogP contribution in [0.4, 0.5) is 4.79 Å². The van der Waals surface area contributed by atoms with Crippen LogP contribution in [0.2, 0.25) is 0 Å². The molecule has 1 saturated heterocycles. The number of piperidine rings is 1. The van der Waals surface area contributed by atoms with Crippen molar-refractivity contribution in [3.8, 4) is 5.75 Å². The maximum absolute atomic E-state index is 14.7. The number of aromatic hydroxyl groups is 1. The van der Waals surface area contributed by atoms with E-state index in [2.05, 4.69) is 50.3 Å². The number of fused-ring (bicyclic) bond motifs is 1. The number of nitrogens with zero attached hydrogens (tertiary/aromatic N) is 6. The fourth-order valence-corrected chi connectivity index (χ4v) is 9.23. The Kier molecular flexibility index (Phi) is 21.7. The van der Waals surface area contributed by atoms with Crippen LogP contribution in [0.3, 0.4) is 0 Å². The topological polar surface area (TPSA) is 250 Å². The summed E-state index contributed by atoms with van der Waals surface area (Å²) in [6.45, 7) is 14.3. The van der Waals surface area contributed by atoms with E-state index in [1.165, 1.54) is 23.5 Å². The highest BCUT2D eigenvalue weighted by Crippen LogP contribution is 2.35. The second-order valence-corrected chi connectivity index (χ2v) is 18.1. The molecule has 2 heterocycles. The first-order valence-corrected chi connectivity index (χ1v) is 23.9. The molecular formula is C45H70N10O9S. The molecule has 2 aromatic rings. The molecule has 0 saturated carbocycles. The summed E-state index contributed by atoms with van der Waals surface area (Å²) >= 11 is 1.31. The highest BCUT2D eigenvalue weighted by molar-refractivity contribution is 7.09. The molecule has 1 aliphatic carbocycles. The summed E-state index contributed by atoms with van der Waals surface area (Å²) in [4.78, 5) is 79.4. The van der Waals surface area contributed by atoms with Crippen molar-refractivity contribution >= 4 is 41.1 Å². The van der Waals surface area contributed by atoms with Crippen LogP contribution < -0.4 is 21.5 Å². The van der Waals surface area contributed by atoms with E-state index in [0.717, 1.165) is 50.6 Å². The predicted octanol–water partition coefficient (Wildman–Crippen LogP) is 5.90. The van der Waals surface area contributed by atoms with Crippen molar-refractivity contribution in [3.05, 3.63) is 55.9 Å². The molecule has 20 heteroatoms. The Labute approximate surface area is 386 Å². The molecule has 0 spiro atoms. The number of carbonyl (C=O) groups is 5. The average molecular weight is 927 g/mol. The van der Waals surface area contributed by atoms with E-state index in [9.17, 15) is 29.1 Å². The first-order chi connectivity index (χ1) is 31.2. The number of benzene rings is 1. The van der Waals surface area contributed by atoms with Gasteiger partial charge in [0.1, 0.15) is 35.2 Å². The lowest BCUT2D eigenvalue weighted by Gasteiger charge is -2.40. The third kappa shape index (κ3) is 15.6. The van der Waals surface area contributed by atoms with Crippen LogP contribution in [0, 0.1) is 11.8 Å². The highest BCUT2D eigenvalue weighted by atomic mass is 32.1. The lowest BCUT2D eigenvalue weighted by atomic mass is 9.79. The average Bonchev–Trinajstić information content (AvgIpc) is 3.79. The van der Waals surface area contributed by atoms with E-state index >= 15 is 0 Å². The van der Waals surface area contributed by atoms with Gasteiger partial charge >= 0.3 is 6.09 Å². The second kappa shape index (κ2) is 26.8. The lowest BCUT2D eigenvalue weighted by molar-refractivity contribution is -0.143. The van der Waals surface area contributed by atoms with Crippen LogP contribution in [0.15, 0.2) is 28.7 Å². The summed E-state index contributed by atoms with van der Waals surface area (Å²) in [5.41, 5.74) is 14.4. The Morgan fingerprint density at radius 1 is 1.05 bits per heavy atom. The number of phenolic OH excluding ortho intramolecular Hbond substituents is 1. The van der Waals surface area contributed by atoms with Crippen molar-refractivity contribution in [2.45, 2.75) is 136 Å². The van der Waals surface area contributed by atoms with Gasteiger partial charge in [-0.05, 0) is 92.7 Å². The van der Waals surface area contributed by atoms with Crippen molar-refractivity contribution in [1.29, 1.82) is 0 Å². The van der Waals surface area contributed by atoms with Crippen molar-refractivity contribution in [3.63, 3.8) is 0 Å². The number of carbonyl (C=O) groups excluding carboxylic acids is 5. The van der Waals surface area contributed by atoms with Crippen LogP contribution >= 0.6 is 11.3 Å². The molecule has 1 fully saturated rings. The number of nitrogens with one attached hydrogen (secondary N) is 4. The van der Waals surface area contributed by atoms with Gasteiger partial charge in [-0.3, -0.25) is 29.5 Å². The molecule has 4 rings (SSSR count). The number of thiazole rings is 1. The zero-order valence-electron chi connectivity index (χ0n) is 39.0. The minimum absolute atomic E-state index is 0.0293. The summed E-state index contributed by atoms with van der Waals surface area (Å²) in [6, 6.07) is 3.01. The number of rotatable bonds is 24. The number of likely N-dealkylation sites (tertiary alicyclic amines) is 1. The van der Waals surface area contributed by atoms with Gasteiger partial charge in [0.05, 0.1) is 25.2 Å². The summed E-state index contributed by atoms with van der Waals surface area (Å²) in [6.07, 6.45) is 4.52. The number of aromatic nitrogens is 1. The molecule has 2 aliphatic rings. The Morgan fingerprint density at radius 3 is 2.52 bits per heavy atom. The normalized spacial score (nSPS) is 19.1. The third-order valence-corrected chi connectivity index (χ3v) is 13.0. The number of amides is 5. The molecule has 5 N–H and O–H groups in total. The third-order valence-electron chi connectivity index (χ3n) is 12.1. The minimum atomic E-state index is -0.916. The van der Waals surface area contributed by atoms with Crippen molar-refractivity contribution in [2.24, 2.45) is 17.0 Å². The van der Waals surface area contributed by atoms with E-state index in [0.29, 0.717) is 36.6 Å². The van der Waals surface area contributed by atoms with Crippen molar-refractivity contribution in [1.82, 2.24) is 36.3 Å². The van der Waals surface area contributed by atoms with Crippen LogP contribution in [0.25, 0.3) is 10.4 Å². The largest absolute Gasteiger partial charge is 0.508 e. The van der Waals surface area contributed by atoms with Gasteiger partial charge in [0.2, 0.25) is 17.7 Å². The zero-order chi connectivity index (χ0) is 47.5. The van der Waals surface area contributed by atoms with Gasteiger partial charge in [-0.1, -0.05) is 65.6 Å². The lowest BCUT2D eigenvalue weighted by Crippen LogP contribution is -2.58. The molecule has 0 bridgehead atoms. The van der Waals surface area contributed by atoms with E-state index < -0.39 is 42.0 Å². The molecule has 65 heavy (non-hydrogen) atoms. The molecule has 1 aromatic carbocycles. The van der Waals surface area contributed by atoms with Gasteiger partial charge in [-0.2, -0.15) is 0 Å². The quantitative estimate of drug-likeness (QED) is 0.0273. The van der Waals surface area contributed by atoms with Crippen molar-refractivity contribution < 1.29 is 43.3 Å². The second-order valence-electron chi connectivity index (χ2n) is 17.2. The molecular weight excluding hydrogens is 857 g/mol. The number of hydrogen-bond donors (Lipinski definition) is 5. The molecule has 7 atom stereocenters. The SMILES string of the molecule is CCCO[C@H](C[C@H](C(C)C)N(CCC)C(=O)[C@@H](NC(=O)[C@H]1CCCCN1C)[C@@H](C)CC)c1nc(C(=O)N[C@H]2Cc3ccc(O)cc3[C@H](C(=O)NNC(=O)OCCOCCN=[N+]=[N-])C2)cs1. The summed E-state index contributed by atoms with van der Waals surface area (Å²) in [5.74, 6) is -2.15. The number of hydrazine groups is 1. The van der Waals surface area contributed by atoms with Crippen LogP contribution in [-0.2, 0) is 35.0 Å². The monoisotopic (exact) mass is 927 g/mol. The molecule has 1 aliphatic heterocycles. The van der Waals surface area contributed by atoms with Gasteiger partial charge in [-0.15, -0.1) is 11.3 Å². The van der Waals surface area contributed by atoms with Crippen LogP contribution in [0.5, 0.6) is 5.75 Å². The molecule has 1 aromatic heterocycles. The van der Waals surface area contributed by atoms with E-state index in [1.807, 2.05) is 39.6 Å².